The zero-order valence-corrected chi connectivity index (χ0v) is 12.0. The SMILES string of the molecule is COc1ccc(-c2cc3nc(C)nc(Cl)c3s2)cc1. The Balaban J connectivity index is 2.12. The molecule has 3 nitrogen and oxygen atoms in total. The van der Waals surface area contributed by atoms with Crippen molar-refractivity contribution < 1.29 is 4.74 Å². The van der Waals surface area contributed by atoms with Crippen LogP contribution in [0.1, 0.15) is 5.82 Å². The van der Waals surface area contributed by atoms with Crippen LogP contribution < -0.4 is 4.74 Å². The lowest BCUT2D eigenvalue weighted by atomic mass is 10.2. The highest BCUT2D eigenvalue weighted by Gasteiger charge is 2.10. The Morgan fingerprint density at radius 2 is 1.89 bits per heavy atom. The van der Waals surface area contributed by atoms with Gasteiger partial charge in [-0.05, 0) is 42.8 Å². The third kappa shape index (κ3) is 2.29. The van der Waals surface area contributed by atoms with Crippen molar-refractivity contribution in [2.45, 2.75) is 6.92 Å². The van der Waals surface area contributed by atoms with Crippen molar-refractivity contribution in [1.29, 1.82) is 0 Å². The van der Waals surface area contributed by atoms with Crippen LogP contribution in [0.4, 0.5) is 0 Å². The molecule has 96 valence electrons. The zero-order valence-electron chi connectivity index (χ0n) is 10.5. The zero-order chi connectivity index (χ0) is 13.4. The number of thiophene rings is 1. The molecule has 0 aliphatic heterocycles. The van der Waals surface area contributed by atoms with E-state index >= 15 is 0 Å². The second-order valence-corrected chi connectivity index (χ2v) is 5.53. The van der Waals surface area contributed by atoms with Gasteiger partial charge in [0, 0.05) is 4.88 Å². The normalized spacial score (nSPS) is 10.9. The lowest BCUT2D eigenvalue weighted by Gasteiger charge is -2.00. The second kappa shape index (κ2) is 4.79. The molecule has 0 saturated heterocycles. The molecule has 2 aromatic heterocycles. The highest BCUT2D eigenvalue weighted by Crippen LogP contribution is 2.36. The maximum atomic E-state index is 6.15. The number of ether oxygens (including phenoxy) is 1. The van der Waals surface area contributed by atoms with Gasteiger partial charge in [0.05, 0.1) is 17.3 Å². The minimum Gasteiger partial charge on any atom is -0.497 e. The summed E-state index contributed by atoms with van der Waals surface area (Å²) in [6.45, 7) is 1.84. The van der Waals surface area contributed by atoms with Gasteiger partial charge in [0.25, 0.3) is 0 Å². The molecule has 0 N–H and O–H groups in total. The molecule has 1 aromatic carbocycles. The first-order valence-corrected chi connectivity index (χ1v) is 6.95. The second-order valence-electron chi connectivity index (χ2n) is 4.12. The molecule has 3 rings (SSSR count). The van der Waals surface area contributed by atoms with E-state index < -0.39 is 0 Å². The summed E-state index contributed by atoms with van der Waals surface area (Å²) in [6.07, 6.45) is 0. The summed E-state index contributed by atoms with van der Waals surface area (Å²) in [5, 5.41) is 0.521. The Morgan fingerprint density at radius 3 is 2.58 bits per heavy atom. The number of hydrogen-bond donors (Lipinski definition) is 0. The van der Waals surface area contributed by atoms with Crippen molar-refractivity contribution in [2.24, 2.45) is 0 Å². The lowest BCUT2D eigenvalue weighted by Crippen LogP contribution is -1.86. The molecule has 3 aromatic rings. The quantitative estimate of drug-likeness (QED) is 0.659. The van der Waals surface area contributed by atoms with Crippen LogP contribution in [0.2, 0.25) is 5.15 Å². The maximum Gasteiger partial charge on any atom is 0.150 e. The molecule has 0 fully saturated rings. The minimum atomic E-state index is 0.521. The van der Waals surface area contributed by atoms with E-state index in [1.165, 1.54) is 0 Å². The van der Waals surface area contributed by atoms with Gasteiger partial charge < -0.3 is 4.74 Å². The Hall–Kier alpha value is -1.65. The van der Waals surface area contributed by atoms with Crippen molar-refractivity contribution >= 4 is 33.2 Å². The van der Waals surface area contributed by atoms with E-state index in [1.54, 1.807) is 18.4 Å². The van der Waals surface area contributed by atoms with Crippen molar-refractivity contribution in [3.05, 3.63) is 41.3 Å². The highest BCUT2D eigenvalue weighted by atomic mass is 35.5. The fourth-order valence-corrected chi connectivity index (χ4v) is 3.22. The van der Waals surface area contributed by atoms with Crippen molar-refractivity contribution in [1.82, 2.24) is 9.97 Å². The molecule has 0 amide bonds. The number of fused-ring (bicyclic) bond motifs is 1. The number of nitrogens with zero attached hydrogens (tertiary/aromatic N) is 2. The van der Waals surface area contributed by atoms with Gasteiger partial charge in [-0.3, -0.25) is 0 Å². The first kappa shape index (κ1) is 12.4. The maximum absolute atomic E-state index is 6.15. The van der Waals surface area contributed by atoms with Gasteiger partial charge in [0.1, 0.15) is 11.6 Å². The molecule has 5 heteroatoms. The molecule has 0 bridgehead atoms. The van der Waals surface area contributed by atoms with Gasteiger partial charge in [-0.25, -0.2) is 9.97 Å². The number of halogens is 1. The van der Waals surface area contributed by atoms with E-state index in [9.17, 15) is 0 Å². The summed E-state index contributed by atoms with van der Waals surface area (Å²) in [5.74, 6) is 1.54. The Bertz CT molecular complexity index is 737. The summed E-state index contributed by atoms with van der Waals surface area (Å²) in [5.41, 5.74) is 2.02. The number of rotatable bonds is 2. The number of aromatic nitrogens is 2. The van der Waals surface area contributed by atoms with Crippen LogP contribution in [0.5, 0.6) is 5.75 Å². The Kier molecular flexibility index (Phi) is 3.12. The monoisotopic (exact) mass is 290 g/mol. The largest absolute Gasteiger partial charge is 0.497 e. The lowest BCUT2D eigenvalue weighted by molar-refractivity contribution is 0.415. The number of hydrogen-bond acceptors (Lipinski definition) is 4. The minimum absolute atomic E-state index is 0.521. The highest BCUT2D eigenvalue weighted by molar-refractivity contribution is 7.22. The third-order valence-corrected chi connectivity index (χ3v) is 4.38. The van der Waals surface area contributed by atoms with Crippen LogP contribution in [0.15, 0.2) is 30.3 Å². The van der Waals surface area contributed by atoms with E-state index in [4.69, 9.17) is 16.3 Å². The molecule has 0 atom stereocenters. The average Bonchev–Trinajstić information content (AvgIpc) is 2.83. The molecule has 0 aliphatic carbocycles. The van der Waals surface area contributed by atoms with Crippen LogP contribution in [-0.2, 0) is 0 Å². The van der Waals surface area contributed by atoms with Crippen LogP contribution in [0, 0.1) is 6.92 Å². The van der Waals surface area contributed by atoms with Crippen LogP contribution >= 0.6 is 22.9 Å². The Morgan fingerprint density at radius 1 is 1.16 bits per heavy atom. The summed E-state index contributed by atoms with van der Waals surface area (Å²) in [7, 11) is 1.66. The smallest absolute Gasteiger partial charge is 0.150 e. The third-order valence-electron chi connectivity index (χ3n) is 2.82. The molecule has 0 saturated carbocycles. The first-order valence-electron chi connectivity index (χ1n) is 5.75. The molecule has 2 heterocycles. The summed E-state index contributed by atoms with van der Waals surface area (Å²) >= 11 is 7.75. The van der Waals surface area contributed by atoms with Gasteiger partial charge in [0.2, 0.25) is 0 Å². The van der Waals surface area contributed by atoms with E-state index in [0.29, 0.717) is 11.0 Å². The van der Waals surface area contributed by atoms with Crippen molar-refractivity contribution in [3.8, 4) is 16.2 Å². The molecule has 0 radical (unpaired) electrons. The van der Waals surface area contributed by atoms with Gasteiger partial charge in [-0.2, -0.15) is 0 Å². The van der Waals surface area contributed by atoms with Gasteiger partial charge in [-0.1, -0.05) is 11.6 Å². The number of benzene rings is 1. The van der Waals surface area contributed by atoms with Crippen LogP contribution in [0.3, 0.4) is 0 Å². The number of aryl methyl sites for hydroxylation is 1. The van der Waals surface area contributed by atoms with Gasteiger partial charge in [0.15, 0.2) is 5.15 Å². The first-order chi connectivity index (χ1) is 9.17. The van der Waals surface area contributed by atoms with Crippen molar-refractivity contribution in [3.63, 3.8) is 0 Å². The molecule has 0 spiro atoms. The Labute approximate surface area is 119 Å². The standard InChI is InChI=1S/C14H11ClN2OS/c1-8-16-11-7-12(19-13(11)14(15)17-8)9-3-5-10(18-2)6-4-9/h3-7H,1-2H3. The van der Waals surface area contributed by atoms with Gasteiger partial charge in [-0.15, -0.1) is 11.3 Å². The molecule has 19 heavy (non-hydrogen) atoms. The van der Waals surface area contributed by atoms with Crippen LogP contribution in [-0.4, -0.2) is 17.1 Å². The fourth-order valence-electron chi connectivity index (χ4n) is 1.90. The summed E-state index contributed by atoms with van der Waals surface area (Å²) in [6, 6.07) is 9.98. The predicted octanol–water partition coefficient (Wildman–Crippen LogP) is 4.33. The average molecular weight is 291 g/mol. The van der Waals surface area contributed by atoms with E-state index in [2.05, 4.69) is 9.97 Å². The molecular weight excluding hydrogens is 280 g/mol. The van der Waals surface area contributed by atoms with Gasteiger partial charge >= 0.3 is 0 Å². The summed E-state index contributed by atoms with van der Waals surface area (Å²) < 4.78 is 6.09. The van der Waals surface area contributed by atoms with Crippen molar-refractivity contribution in [2.75, 3.05) is 7.11 Å². The van der Waals surface area contributed by atoms with E-state index in [-0.39, 0.29) is 0 Å². The van der Waals surface area contributed by atoms with Crippen LogP contribution in [0.25, 0.3) is 20.7 Å². The van der Waals surface area contributed by atoms with E-state index in [0.717, 1.165) is 26.4 Å². The molecule has 0 aliphatic rings. The topological polar surface area (TPSA) is 35.0 Å². The fraction of sp³-hybridized carbons (Fsp3) is 0.143. The summed E-state index contributed by atoms with van der Waals surface area (Å²) in [4.78, 5) is 9.71. The predicted molar refractivity (Wildman–Crippen MR) is 79.2 cm³/mol. The van der Waals surface area contributed by atoms with E-state index in [1.807, 2.05) is 37.3 Å². The number of methoxy groups -OCH3 is 1. The molecular formula is C14H11ClN2OS. The molecule has 0 unspecified atom stereocenters.